The smallest absolute Gasteiger partial charge is 0.396 e. The number of ether oxygens (including phenoxy) is 1. The number of hydrogen-bond acceptors (Lipinski definition) is 5. The second kappa shape index (κ2) is 7.55. The highest BCUT2D eigenvalue weighted by atomic mass is 32.1. The number of rotatable bonds is 3. The molecule has 0 aliphatic heterocycles. The summed E-state index contributed by atoms with van der Waals surface area (Å²) in [6, 6.07) is 4.38. The predicted molar refractivity (Wildman–Crippen MR) is 80.1 cm³/mol. The molecular weight excluding hydrogens is 337 g/mol. The molecule has 0 radical (unpaired) electrons. The number of carbonyl (C=O) groups is 2. The Hall–Kier alpha value is -1.67. The lowest BCUT2D eigenvalue weighted by Gasteiger charge is -2.04. The van der Waals surface area contributed by atoms with Crippen molar-refractivity contribution in [1.29, 1.82) is 0 Å². The van der Waals surface area contributed by atoms with Gasteiger partial charge in [-0.2, -0.15) is 0 Å². The van der Waals surface area contributed by atoms with E-state index in [2.05, 4.69) is 4.74 Å². The molecule has 2 rings (SSSR count). The van der Waals surface area contributed by atoms with Crippen LogP contribution < -0.4 is 4.74 Å². The summed E-state index contributed by atoms with van der Waals surface area (Å²) in [5, 5.41) is 1.62. The van der Waals surface area contributed by atoms with Crippen LogP contribution in [0.4, 0.5) is 13.2 Å². The zero-order valence-electron chi connectivity index (χ0n) is 12.0. The molecule has 0 spiro atoms. The van der Waals surface area contributed by atoms with Crippen molar-refractivity contribution in [2.45, 2.75) is 27.1 Å². The van der Waals surface area contributed by atoms with Crippen LogP contribution in [-0.2, 0) is 0 Å². The number of thiophene rings is 2. The summed E-state index contributed by atoms with van der Waals surface area (Å²) in [4.78, 5) is 22.6. The molecule has 0 saturated heterocycles. The Balaban J connectivity index is 0.000000235. The van der Waals surface area contributed by atoms with Gasteiger partial charge in [-0.25, -0.2) is 0 Å². The van der Waals surface area contributed by atoms with Gasteiger partial charge in [0.15, 0.2) is 16.6 Å². The lowest BCUT2D eigenvalue weighted by molar-refractivity contribution is -0.273. The maximum atomic E-state index is 11.7. The van der Waals surface area contributed by atoms with Gasteiger partial charge in [0.25, 0.3) is 0 Å². The Labute approximate surface area is 133 Å². The Morgan fingerprint density at radius 2 is 1.73 bits per heavy atom. The van der Waals surface area contributed by atoms with E-state index in [0.717, 1.165) is 16.5 Å². The molecule has 3 nitrogen and oxygen atoms in total. The number of Topliss-reactive ketones (excluding diaryl/α,β-unsaturated/α-hetero) is 2. The second-order valence-corrected chi connectivity index (χ2v) is 6.17. The van der Waals surface area contributed by atoms with Crippen LogP contribution in [0.3, 0.4) is 0 Å². The van der Waals surface area contributed by atoms with E-state index in [1.165, 1.54) is 24.3 Å². The maximum absolute atomic E-state index is 11.7. The van der Waals surface area contributed by atoms with Crippen molar-refractivity contribution >= 4 is 34.2 Å². The number of alkyl halides is 3. The highest BCUT2D eigenvalue weighted by molar-refractivity contribution is 7.15. The zero-order chi connectivity index (χ0) is 16.9. The van der Waals surface area contributed by atoms with Crippen molar-refractivity contribution in [3.05, 3.63) is 38.9 Å². The number of ketones is 2. The van der Waals surface area contributed by atoms with Crippen molar-refractivity contribution < 1.29 is 27.5 Å². The third kappa shape index (κ3) is 5.98. The van der Waals surface area contributed by atoms with Crippen LogP contribution in [0.25, 0.3) is 0 Å². The molecule has 0 N–H and O–H groups in total. The first-order valence-corrected chi connectivity index (χ1v) is 7.71. The number of carbonyl (C=O) groups excluding carboxylic acids is 2. The van der Waals surface area contributed by atoms with Crippen LogP contribution >= 0.6 is 22.7 Å². The van der Waals surface area contributed by atoms with E-state index in [4.69, 9.17) is 0 Å². The van der Waals surface area contributed by atoms with Crippen molar-refractivity contribution in [2.24, 2.45) is 0 Å². The van der Waals surface area contributed by atoms with Crippen molar-refractivity contribution in [3.63, 3.8) is 0 Å². The fourth-order valence-electron chi connectivity index (χ4n) is 1.41. The average molecular weight is 350 g/mol. The minimum absolute atomic E-state index is 0.169. The Morgan fingerprint density at radius 1 is 1.09 bits per heavy atom. The topological polar surface area (TPSA) is 43.4 Å². The maximum Gasteiger partial charge on any atom is 0.573 e. The third-order valence-electron chi connectivity index (χ3n) is 2.33. The predicted octanol–water partition coefficient (Wildman–Crippen LogP) is 5.11. The highest BCUT2D eigenvalue weighted by Gasteiger charge is 2.31. The number of aryl methyl sites for hydroxylation is 1. The summed E-state index contributed by atoms with van der Waals surface area (Å²) in [6.07, 6.45) is -4.70. The van der Waals surface area contributed by atoms with Gasteiger partial charge in [0.1, 0.15) is 0 Å². The van der Waals surface area contributed by atoms with E-state index in [-0.39, 0.29) is 21.5 Å². The van der Waals surface area contributed by atoms with Gasteiger partial charge in [0.2, 0.25) is 0 Å². The molecule has 0 aliphatic carbocycles. The standard InChI is InChI=1S/C7H5F3O2S.C7H8OS/c1-4(11)5-2-3-6(13-5)12-7(8,9)10;1-5-3-4-9-7(5)6(2)8/h2-3H,1H3;3-4H,1-2H3. The number of halogens is 3. The molecule has 0 atom stereocenters. The van der Waals surface area contributed by atoms with Gasteiger partial charge in [-0.05, 0) is 49.9 Å². The molecule has 0 amide bonds. The van der Waals surface area contributed by atoms with Crippen LogP contribution in [0, 0.1) is 6.92 Å². The normalized spacial score (nSPS) is 10.6. The number of hydrogen-bond donors (Lipinski definition) is 0. The minimum Gasteiger partial charge on any atom is -0.396 e. The highest BCUT2D eigenvalue weighted by Crippen LogP contribution is 2.30. The van der Waals surface area contributed by atoms with E-state index in [9.17, 15) is 22.8 Å². The molecule has 120 valence electrons. The molecule has 8 heteroatoms. The van der Waals surface area contributed by atoms with E-state index in [0.29, 0.717) is 11.3 Å². The lowest BCUT2D eigenvalue weighted by Crippen LogP contribution is -2.16. The summed E-state index contributed by atoms with van der Waals surface area (Å²) < 4.78 is 38.6. The van der Waals surface area contributed by atoms with Crippen LogP contribution in [0.1, 0.15) is 38.8 Å². The molecule has 2 heterocycles. The fourth-order valence-corrected chi connectivity index (χ4v) is 3.01. The fraction of sp³-hybridized carbons (Fsp3) is 0.286. The van der Waals surface area contributed by atoms with Gasteiger partial charge in [0, 0.05) is 0 Å². The summed E-state index contributed by atoms with van der Waals surface area (Å²) in [5.41, 5.74) is 1.09. The minimum atomic E-state index is -4.70. The molecule has 2 aromatic heterocycles. The quantitative estimate of drug-likeness (QED) is 0.723. The summed E-state index contributed by atoms with van der Waals surface area (Å²) in [5.74, 6) is -0.107. The zero-order valence-corrected chi connectivity index (χ0v) is 13.6. The van der Waals surface area contributed by atoms with Gasteiger partial charge in [-0.3, -0.25) is 9.59 Å². The molecule has 0 bridgehead atoms. The van der Waals surface area contributed by atoms with E-state index < -0.39 is 6.36 Å². The summed E-state index contributed by atoms with van der Waals surface area (Å²) in [6.45, 7) is 4.83. The average Bonchev–Trinajstić information content (AvgIpc) is 2.96. The van der Waals surface area contributed by atoms with Crippen molar-refractivity contribution in [1.82, 2.24) is 0 Å². The Morgan fingerprint density at radius 3 is 2.05 bits per heavy atom. The van der Waals surface area contributed by atoms with Gasteiger partial charge < -0.3 is 4.74 Å². The van der Waals surface area contributed by atoms with Gasteiger partial charge in [-0.1, -0.05) is 11.3 Å². The summed E-state index contributed by atoms with van der Waals surface area (Å²) >= 11 is 2.18. The Kier molecular flexibility index (Phi) is 6.31. The van der Waals surface area contributed by atoms with Crippen LogP contribution in [-0.4, -0.2) is 17.9 Å². The van der Waals surface area contributed by atoms with Crippen LogP contribution in [0.5, 0.6) is 5.06 Å². The molecule has 0 unspecified atom stereocenters. The van der Waals surface area contributed by atoms with Gasteiger partial charge >= 0.3 is 6.36 Å². The molecule has 0 saturated carbocycles. The molecule has 0 fully saturated rings. The van der Waals surface area contributed by atoms with E-state index >= 15 is 0 Å². The molecule has 0 aliphatic rings. The SMILES string of the molecule is CC(=O)c1ccc(OC(F)(F)F)s1.CC(=O)c1sccc1C. The molecule has 22 heavy (non-hydrogen) atoms. The second-order valence-electron chi connectivity index (χ2n) is 4.21. The first kappa shape index (κ1) is 18.4. The lowest BCUT2D eigenvalue weighted by atomic mass is 10.2. The van der Waals surface area contributed by atoms with Gasteiger partial charge in [0.05, 0.1) is 9.75 Å². The molecule has 2 aromatic rings. The van der Waals surface area contributed by atoms with Gasteiger partial charge in [-0.15, -0.1) is 24.5 Å². The molecular formula is C14H13F3O3S2. The molecule has 0 aromatic carbocycles. The largest absolute Gasteiger partial charge is 0.573 e. The third-order valence-corrected chi connectivity index (χ3v) is 4.51. The van der Waals surface area contributed by atoms with E-state index in [1.54, 1.807) is 6.92 Å². The van der Waals surface area contributed by atoms with E-state index in [1.807, 2.05) is 18.4 Å². The first-order valence-electron chi connectivity index (χ1n) is 6.01. The van der Waals surface area contributed by atoms with Crippen LogP contribution in [0.2, 0.25) is 0 Å². The van der Waals surface area contributed by atoms with Crippen LogP contribution in [0.15, 0.2) is 23.6 Å². The first-order chi connectivity index (χ1) is 10.1. The van der Waals surface area contributed by atoms with Crippen molar-refractivity contribution in [2.75, 3.05) is 0 Å². The Bertz CT molecular complexity index is 656. The summed E-state index contributed by atoms with van der Waals surface area (Å²) in [7, 11) is 0. The monoisotopic (exact) mass is 350 g/mol. The van der Waals surface area contributed by atoms with Crippen molar-refractivity contribution in [3.8, 4) is 5.06 Å².